The lowest BCUT2D eigenvalue weighted by atomic mass is 10.2. The highest BCUT2D eigenvalue weighted by Crippen LogP contribution is 2.25. The van der Waals surface area contributed by atoms with Crippen LogP contribution in [0.25, 0.3) is 0 Å². The van der Waals surface area contributed by atoms with Gasteiger partial charge in [-0.05, 0) is 12.5 Å². The van der Waals surface area contributed by atoms with Crippen LogP contribution in [-0.2, 0) is 6.54 Å². The molecular weight excluding hydrogens is 298 g/mol. The van der Waals surface area contributed by atoms with Gasteiger partial charge in [-0.25, -0.2) is 4.68 Å². The predicted octanol–water partition coefficient (Wildman–Crippen LogP) is 1.92. The van der Waals surface area contributed by atoms with E-state index in [1.165, 1.54) is 31.0 Å². The first kappa shape index (κ1) is 16.5. The van der Waals surface area contributed by atoms with E-state index in [-0.39, 0.29) is 11.3 Å². The molecule has 0 fully saturated rings. The van der Waals surface area contributed by atoms with Crippen LogP contribution in [0.5, 0.6) is 11.5 Å². The number of carbonyl (C=O) groups is 1. The van der Waals surface area contributed by atoms with E-state index >= 15 is 0 Å². The molecule has 0 aliphatic carbocycles. The number of anilines is 1. The number of nitrogens with zero attached hydrogens (tertiary/aromatic N) is 2. The minimum atomic E-state index is -0.412. The molecule has 0 atom stereocenters. The Morgan fingerprint density at radius 2 is 1.83 bits per heavy atom. The number of aryl methyl sites for hydroxylation is 1. The maximum Gasteiger partial charge on any atom is 0.276 e. The van der Waals surface area contributed by atoms with Gasteiger partial charge in [0.25, 0.3) is 11.5 Å². The Labute approximate surface area is 133 Å². The largest absolute Gasteiger partial charge is 0.497 e. The molecule has 0 radical (unpaired) electrons. The summed E-state index contributed by atoms with van der Waals surface area (Å²) in [5, 5.41) is 6.79. The number of hydrogen-bond donors (Lipinski definition) is 1. The minimum Gasteiger partial charge on any atom is -0.497 e. The van der Waals surface area contributed by atoms with Crippen LogP contribution in [0, 0.1) is 0 Å². The van der Waals surface area contributed by atoms with Crippen LogP contribution in [0.4, 0.5) is 5.69 Å². The summed E-state index contributed by atoms with van der Waals surface area (Å²) in [6, 6.07) is 7.78. The molecule has 1 N–H and O–H groups in total. The van der Waals surface area contributed by atoms with Crippen molar-refractivity contribution in [2.45, 2.75) is 19.9 Å². The smallest absolute Gasteiger partial charge is 0.276 e. The van der Waals surface area contributed by atoms with Gasteiger partial charge in [-0.3, -0.25) is 9.59 Å². The van der Waals surface area contributed by atoms with Crippen LogP contribution in [0.15, 0.2) is 35.1 Å². The summed E-state index contributed by atoms with van der Waals surface area (Å²) in [5.41, 5.74) is 0.451. The molecule has 0 saturated carbocycles. The second-order valence-electron chi connectivity index (χ2n) is 4.84. The number of carbonyl (C=O) groups excluding carboxylic acids is 1. The van der Waals surface area contributed by atoms with Crippen molar-refractivity contribution in [2.24, 2.45) is 0 Å². The quantitative estimate of drug-likeness (QED) is 0.880. The van der Waals surface area contributed by atoms with Crippen LogP contribution in [-0.4, -0.2) is 29.9 Å². The Bertz CT molecular complexity index is 733. The van der Waals surface area contributed by atoms with Crippen molar-refractivity contribution in [3.05, 3.63) is 46.4 Å². The molecule has 2 aromatic rings. The second-order valence-corrected chi connectivity index (χ2v) is 4.84. The topological polar surface area (TPSA) is 82.5 Å². The third-order valence-corrected chi connectivity index (χ3v) is 3.14. The van der Waals surface area contributed by atoms with Gasteiger partial charge in [0.1, 0.15) is 17.2 Å². The molecule has 0 unspecified atom stereocenters. The van der Waals surface area contributed by atoms with Gasteiger partial charge in [0, 0.05) is 36.5 Å². The van der Waals surface area contributed by atoms with Crippen LogP contribution in [0.1, 0.15) is 23.8 Å². The highest BCUT2D eigenvalue weighted by molar-refractivity contribution is 6.02. The van der Waals surface area contributed by atoms with Gasteiger partial charge in [0.2, 0.25) is 0 Å². The van der Waals surface area contributed by atoms with E-state index in [1.807, 2.05) is 6.92 Å². The van der Waals surface area contributed by atoms with Crippen molar-refractivity contribution in [3.8, 4) is 11.5 Å². The third-order valence-electron chi connectivity index (χ3n) is 3.14. The van der Waals surface area contributed by atoms with Gasteiger partial charge in [-0.2, -0.15) is 5.10 Å². The summed E-state index contributed by atoms with van der Waals surface area (Å²) in [6.45, 7) is 2.40. The molecule has 7 nitrogen and oxygen atoms in total. The van der Waals surface area contributed by atoms with Gasteiger partial charge in [-0.15, -0.1) is 0 Å². The normalized spacial score (nSPS) is 10.2. The molecule has 1 amide bonds. The van der Waals surface area contributed by atoms with E-state index in [0.29, 0.717) is 23.7 Å². The third kappa shape index (κ3) is 4.09. The number of aromatic nitrogens is 2. The summed E-state index contributed by atoms with van der Waals surface area (Å²) in [6.07, 6.45) is 0.755. The van der Waals surface area contributed by atoms with Crippen molar-refractivity contribution in [1.82, 2.24) is 9.78 Å². The summed E-state index contributed by atoms with van der Waals surface area (Å²) in [4.78, 5) is 24.0. The van der Waals surface area contributed by atoms with Crippen molar-refractivity contribution in [3.63, 3.8) is 0 Å². The second kappa shape index (κ2) is 7.44. The average Bonchev–Trinajstić information content (AvgIpc) is 2.56. The Hall–Kier alpha value is -2.83. The van der Waals surface area contributed by atoms with Crippen LogP contribution >= 0.6 is 0 Å². The van der Waals surface area contributed by atoms with Gasteiger partial charge in [0.15, 0.2) is 0 Å². The van der Waals surface area contributed by atoms with Gasteiger partial charge >= 0.3 is 0 Å². The number of methoxy groups -OCH3 is 2. The first-order valence-corrected chi connectivity index (χ1v) is 7.20. The zero-order valence-electron chi connectivity index (χ0n) is 13.3. The molecular formula is C16H19N3O4. The fourth-order valence-corrected chi connectivity index (χ4v) is 2.02. The first-order chi connectivity index (χ1) is 11.1. The Kier molecular flexibility index (Phi) is 5.35. The van der Waals surface area contributed by atoms with Crippen LogP contribution in [0.2, 0.25) is 0 Å². The molecule has 0 saturated heterocycles. The van der Waals surface area contributed by atoms with Crippen LogP contribution in [0.3, 0.4) is 0 Å². The zero-order chi connectivity index (χ0) is 16.8. The monoisotopic (exact) mass is 317 g/mol. The van der Waals surface area contributed by atoms with E-state index in [1.54, 1.807) is 18.2 Å². The summed E-state index contributed by atoms with van der Waals surface area (Å²) in [7, 11) is 3.06. The molecule has 0 aliphatic rings. The van der Waals surface area contributed by atoms with Gasteiger partial charge in [-0.1, -0.05) is 6.92 Å². The molecule has 0 spiro atoms. The van der Waals surface area contributed by atoms with Crippen molar-refractivity contribution >= 4 is 11.6 Å². The molecule has 1 aromatic heterocycles. The van der Waals surface area contributed by atoms with E-state index in [4.69, 9.17) is 9.47 Å². The molecule has 1 heterocycles. The van der Waals surface area contributed by atoms with Crippen LogP contribution < -0.4 is 20.3 Å². The summed E-state index contributed by atoms with van der Waals surface area (Å²) in [5.74, 6) is 0.706. The molecule has 122 valence electrons. The van der Waals surface area contributed by atoms with Crippen molar-refractivity contribution in [1.29, 1.82) is 0 Å². The Morgan fingerprint density at radius 3 is 2.39 bits per heavy atom. The molecule has 0 bridgehead atoms. The molecule has 2 rings (SSSR count). The lowest BCUT2D eigenvalue weighted by Gasteiger charge is -2.10. The predicted molar refractivity (Wildman–Crippen MR) is 86.3 cm³/mol. The van der Waals surface area contributed by atoms with E-state index in [2.05, 4.69) is 10.4 Å². The molecule has 1 aromatic carbocycles. The highest BCUT2D eigenvalue weighted by Gasteiger charge is 2.11. The van der Waals surface area contributed by atoms with E-state index < -0.39 is 5.91 Å². The highest BCUT2D eigenvalue weighted by atomic mass is 16.5. The standard InChI is InChI=1S/C16H19N3O4/c1-4-7-19-15(20)6-5-14(18-19)16(21)17-11-8-12(22-2)10-13(9-11)23-3/h5-6,8-10H,4,7H2,1-3H3,(H,17,21). The SMILES string of the molecule is CCCn1nc(C(=O)Nc2cc(OC)cc(OC)c2)ccc1=O. The number of amides is 1. The van der Waals surface area contributed by atoms with Crippen molar-refractivity contribution < 1.29 is 14.3 Å². The van der Waals surface area contributed by atoms with E-state index in [9.17, 15) is 9.59 Å². The summed E-state index contributed by atoms with van der Waals surface area (Å²) >= 11 is 0. The lowest BCUT2D eigenvalue weighted by molar-refractivity contribution is 0.102. The van der Waals surface area contributed by atoms with Gasteiger partial charge < -0.3 is 14.8 Å². The minimum absolute atomic E-state index is 0.167. The Balaban J connectivity index is 2.25. The maximum atomic E-state index is 12.3. The lowest BCUT2D eigenvalue weighted by Crippen LogP contribution is -2.26. The number of benzene rings is 1. The fourth-order valence-electron chi connectivity index (χ4n) is 2.02. The summed E-state index contributed by atoms with van der Waals surface area (Å²) < 4.78 is 11.6. The van der Waals surface area contributed by atoms with E-state index in [0.717, 1.165) is 6.42 Å². The molecule has 0 aliphatic heterocycles. The number of hydrogen-bond acceptors (Lipinski definition) is 5. The average molecular weight is 317 g/mol. The maximum absolute atomic E-state index is 12.3. The molecule has 7 heteroatoms. The van der Waals surface area contributed by atoms with Gasteiger partial charge in [0.05, 0.1) is 14.2 Å². The number of rotatable bonds is 6. The number of nitrogens with one attached hydrogen (secondary N) is 1. The van der Waals surface area contributed by atoms with Crippen molar-refractivity contribution in [2.75, 3.05) is 19.5 Å². The molecule has 23 heavy (non-hydrogen) atoms. The zero-order valence-corrected chi connectivity index (χ0v) is 13.3. The first-order valence-electron chi connectivity index (χ1n) is 7.20. The number of ether oxygens (including phenoxy) is 2. The fraction of sp³-hybridized carbons (Fsp3) is 0.312. The Morgan fingerprint density at radius 1 is 1.17 bits per heavy atom.